The maximum Gasteiger partial charge on any atom is 0.326 e. The van der Waals surface area contributed by atoms with Gasteiger partial charge in [0, 0.05) is 19.3 Å². The third-order valence-corrected chi connectivity index (χ3v) is 4.30. The van der Waals surface area contributed by atoms with Gasteiger partial charge in [0.25, 0.3) is 0 Å². The standard InChI is InChI=1S/C18H30N6O9/c1-8(19)15(29)22-10(4-7-14(27)28)16(30)23-9(2-5-12(20)25)17(31)24-11(18(32)33)3-6-13(21)26/h8-11H,2-7,19H2,1H3,(H2,20,25)(H2,21,26)(H,22,29)(H,23,30)(H,24,31)(H,27,28)(H,32,33). The fraction of sp³-hybridized carbons (Fsp3) is 0.611. The van der Waals surface area contributed by atoms with Gasteiger partial charge in [0.1, 0.15) is 18.1 Å². The predicted octanol–water partition coefficient (Wildman–Crippen LogP) is -3.73. The van der Waals surface area contributed by atoms with Gasteiger partial charge in [-0.2, -0.15) is 0 Å². The molecule has 0 bridgehead atoms. The molecule has 0 aromatic heterocycles. The summed E-state index contributed by atoms with van der Waals surface area (Å²) < 4.78 is 0. The van der Waals surface area contributed by atoms with Gasteiger partial charge in [-0.25, -0.2) is 4.79 Å². The molecule has 0 fully saturated rings. The van der Waals surface area contributed by atoms with Crippen molar-refractivity contribution in [3.63, 3.8) is 0 Å². The molecule has 4 atom stereocenters. The zero-order valence-electron chi connectivity index (χ0n) is 18.0. The minimum Gasteiger partial charge on any atom is -0.481 e. The van der Waals surface area contributed by atoms with Crippen LogP contribution in [0.2, 0.25) is 0 Å². The van der Waals surface area contributed by atoms with E-state index in [9.17, 15) is 38.7 Å². The second kappa shape index (κ2) is 14.3. The minimum absolute atomic E-state index is 0.318. The predicted molar refractivity (Wildman–Crippen MR) is 111 cm³/mol. The largest absolute Gasteiger partial charge is 0.481 e. The number of carbonyl (C=O) groups is 7. The molecule has 0 rings (SSSR count). The molecular weight excluding hydrogens is 444 g/mol. The Morgan fingerprint density at radius 3 is 1.39 bits per heavy atom. The van der Waals surface area contributed by atoms with Crippen LogP contribution in [-0.4, -0.2) is 75.9 Å². The summed E-state index contributed by atoms with van der Waals surface area (Å²) in [6, 6.07) is -5.37. The fourth-order valence-corrected chi connectivity index (χ4v) is 2.48. The third-order valence-electron chi connectivity index (χ3n) is 4.30. The Kier molecular flexibility index (Phi) is 12.7. The van der Waals surface area contributed by atoms with E-state index in [0.29, 0.717) is 0 Å². The summed E-state index contributed by atoms with van der Waals surface area (Å²) in [6.45, 7) is 1.34. The second-order valence-corrected chi connectivity index (χ2v) is 7.25. The van der Waals surface area contributed by atoms with Crippen LogP contribution < -0.4 is 33.2 Å². The monoisotopic (exact) mass is 474 g/mol. The van der Waals surface area contributed by atoms with Gasteiger partial charge in [-0.15, -0.1) is 0 Å². The second-order valence-electron chi connectivity index (χ2n) is 7.25. The van der Waals surface area contributed by atoms with E-state index in [1.165, 1.54) is 6.92 Å². The van der Waals surface area contributed by atoms with Crippen molar-refractivity contribution in [3.8, 4) is 0 Å². The average Bonchev–Trinajstić information content (AvgIpc) is 2.69. The lowest BCUT2D eigenvalue weighted by Crippen LogP contribution is -2.57. The van der Waals surface area contributed by atoms with Gasteiger partial charge in [0.2, 0.25) is 29.5 Å². The van der Waals surface area contributed by atoms with E-state index in [0.717, 1.165) is 0 Å². The van der Waals surface area contributed by atoms with Crippen LogP contribution in [0.4, 0.5) is 0 Å². The number of carboxylic acids is 2. The number of rotatable bonds is 16. The highest BCUT2D eigenvalue weighted by atomic mass is 16.4. The van der Waals surface area contributed by atoms with Gasteiger partial charge in [0.15, 0.2) is 0 Å². The SMILES string of the molecule is CC(N)C(=O)NC(CCC(=O)O)C(=O)NC(CCC(N)=O)C(=O)NC(CCC(N)=O)C(=O)O. The highest BCUT2D eigenvalue weighted by Crippen LogP contribution is 2.05. The third kappa shape index (κ3) is 12.6. The van der Waals surface area contributed by atoms with Crippen LogP contribution in [0.25, 0.3) is 0 Å². The molecule has 0 heterocycles. The molecule has 4 unspecified atom stereocenters. The van der Waals surface area contributed by atoms with Crippen molar-refractivity contribution >= 4 is 41.5 Å². The molecule has 33 heavy (non-hydrogen) atoms. The zero-order chi connectivity index (χ0) is 25.7. The lowest BCUT2D eigenvalue weighted by molar-refractivity contribution is -0.142. The molecule has 0 aliphatic rings. The van der Waals surface area contributed by atoms with Crippen molar-refractivity contribution in [1.82, 2.24) is 16.0 Å². The van der Waals surface area contributed by atoms with E-state index in [2.05, 4.69) is 16.0 Å². The van der Waals surface area contributed by atoms with Crippen LogP contribution in [0.3, 0.4) is 0 Å². The number of hydrogen-bond donors (Lipinski definition) is 8. The summed E-state index contributed by atoms with van der Waals surface area (Å²) >= 11 is 0. The van der Waals surface area contributed by atoms with Gasteiger partial charge in [-0.05, 0) is 26.2 Å². The Labute approximate surface area is 188 Å². The van der Waals surface area contributed by atoms with Crippen LogP contribution in [0.15, 0.2) is 0 Å². The van der Waals surface area contributed by atoms with Gasteiger partial charge in [-0.1, -0.05) is 0 Å². The number of aliphatic carboxylic acids is 2. The summed E-state index contributed by atoms with van der Waals surface area (Å²) in [7, 11) is 0. The number of amides is 5. The highest BCUT2D eigenvalue weighted by molar-refractivity contribution is 5.94. The summed E-state index contributed by atoms with van der Waals surface area (Å²) in [5, 5.41) is 24.8. The maximum absolute atomic E-state index is 12.7. The molecule has 0 aliphatic carbocycles. The molecule has 0 aromatic carbocycles. The summed E-state index contributed by atoms with van der Waals surface area (Å²) in [5.74, 6) is -7.02. The van der Waals surface area contributed by atoms with E-state index in [4.69, 9.17) is 22.3 Å². The summed E-state index contributed by atoms with van der Waals surface area (Å²) in [4.78, 5) is 81.5. The first-order valence-corrected chi connectivity index (χ1v) is 9.92. The smallest absolute Gasteiger partial charge is 0.326 e. The van der Waals surface area contributed by atoms with Crippen LogP contribution in [0.5, 0.6) is 0 Å². The van der Waals surface area contributed by atoms with Crippen molar-refractivity contribution < 1.29 is 43.8 Å². The van der Waals surface area contributed by atoms with Crippen LogP contribution in [0, 0.1) is 0 Å². The van der Waals surface area contributed by atoms with E-state index >= 15 is 0 Å². The number of carbonyl (C=O) groups excluding carboxylic acids is 5. The molecule has 186 valence electrons. The van der Waals surface area contributed by atoms with Crippen molar-refractivity contribution in [3.05, 3.63) is 0 Å². The topological polar surface area (TPSA) is 274 Å². The number of nitrogens with one attached hydrogen (secondary N) is 3. The van der Waals surface area contributed by atoms with Gasteiger partial charge < -0.3 is 43.4 Å². The molecule has 0 saturated heterocycles. The van der Waals surface area contributed by atoms with Crippen LogP contribution in [-0.2, 0) is 33.6 Å². The molecule has 5 amide bonds. The van der Waals surface area contributed by atoms with Crippen molar-refractivity contribution in [2.24, 2.45) is 17.2 Å². The first kappa shape index (κ1) is 29.2. The molecule has 0 saturated carbocycles. The Bertz CT molecular complexity index is 771. The Morgan fingerprint density at radius 2 is 1.03 bits per heavy atom. The van der Waals surface area contributed by atoms with Crippen LogP contribution >= 0.6 is 0 Å². The molecule has 15 heteroatoms. The van der Waals surface area contributed by atoms with Crippen molar-refractivity contribution in [1.29, 1.82) is 0 Å². The molecular formula is C18H30N6O9. The van der Waals surface area contributed by atoms with E-state index in [-0.39, 0.29) is 32.1 Å². The molecule has 15 nitrogen and oxygen atoms in total. The molecule has 0 radical (unpaired) electrons. The van der Waals surface area contributed by atoms with E-state index in [1.807, 2.05) is 0 Å². The minimum atomic E-state index is -1.52. The van der Waals surface area contributed by atoms with Gasteiger partial charge in [0.05, 0.1) is 6.04 Å². The summed E-state index contributed by atoms with van der Waals surface area (Å²) in [6.07, 6.45) is -2.16. The van der Waals surface area contributed by atoms with Crippen LogP contribution in [0.1, 0.15) is 45.4 Å². The van der Waals surface area contributed by atoms with Gasteiger partial charge in [-0.3, -0.25) is 28.8 Å². The fourth-order valence-electron chi connectivity index (χ4n) is 2.48. The van der Waals surface area contributed by atoms with E-state index in [1.54, 1.807) is 0 Å². The van der Waals surface area contributed by atoms with E-state index < -0.39 is 72.1 Å². The molecule has 0 aliphatic heterocycles. The average molecular weight is 474 g/mol. The highest BCUT2D eigenvalue weighted by Gasteiger charge is 2.30. The Balaban J connectivity index is 5.54. The first-order chi connectivity index (χ1) is 15.2. The lowest BCUT2D eigenvalue weighted by atomic mass is 10.1. The number of hydrogen-bond acceptors (Lipinski definition) is 8. The normalized spacial score (nSPS) is 14.1. The maximum atomic E-state index is 12.7. The van der Waals surface area contributed by atoms with Crippen molar-refractivity contribution in [2.45, 2.75) is 69.6 Å². The molecule has 0 aromatic rings. The summed E-state index contributed by atoms with van der Waals surface area (Å²) in [5.41, 5.74) is 15.5. The Morgan fingerprint density at radius 1 is 0.667 bits per heavy atom. The number of carboxylic acid groups (broad SMARTS) is 2. The first-order valence-electron chi connectivity index (χ1n) is 9.92. The number of primary amides is 2. The molecule has 11 N–H and O–H groups in total. The quantitative estimate of drug-likeness (QED) is 0.108. The lowest BCUT2D eigenvalue weighted by Gasteiger charge is -2.24. The number of nitrogens with two attached hydrogens (primary N) is 3. The molecule has 0 spiro atoms. The Hall–Kier alpha value is -3.75. The zero-order valence-corrected chi connectivity index (χ0v) is 18.0. The van der Waals surface area contributed by atoms with Crippen molar-refractivity contribution in [2.75, 3.05) is 0 Å². The van der Waals surface area contributed by atoms with Gasteiger partial charge >= 0.3 is 11.9 Å².